The molecule has 1 aliphatic heterocycles. The van der Waals surface area contributed by atoms with Gasteiger partial charge in [0.05, 0.1) is 11.3 Å². The van der Waals surface area contributed by atoms with E-state index in [1.807, 2.05) is 26.0 Å². The van der Waals surface area contributed by atoms with E-state index in [2.05, 4.69) is 25.6 Å². The molecule has 1 fully saturated rings. The van der Waals surface area contributed by atoms with Crippen LogP contribution in [0, 0.1) is 6.92 Å². The van der Waals surface area contributed by atoms with E-state index in [9.17, 15) is 14.5 Å². The molecule has 9 nitrogen and oxygen atoms in total. The van der Waals surface area contributed by atoms with E-state index >= 15 is 0 Å². The maximum absolute atomic E-state index is 12.8. The number of carbonyl (C=O) groups is 1. The van der Waals surface area contributed by atoms with Gasteiger partial charge in [0, 0.05) is 17.5 Å². The number of rotatable bonds is 6. The van der Waals surface area contributed by atoms with Gasteiger partial charge in [0.2, 0.25) is 11.3 Å². The van der Waals surface area contributed by atoms with Crippen LogP contribution in [0.2, 0.25) is 0 Å². The van der Waals surface area contributed by atoms with Crippen molar-refractivity contribution in [3.63, 3.8) is 0 Å². The minimum atomic E-state index is -1.73. The van der Waals surface area contributed by atoms with Crippen molar-refractivity contribution in [1.29, 1.82) is 0 Å². The molecular weight excluding hydrogens is 430 g/mol. The van der Waals surface area contributed by atoms with E-state index in [0.29, 0.717) is 18.8 Å². The first kappa shape index (κ1) is 21.8. The summed E-state index contributed by atoms with van der Waals surface area (Å²) in [5.74, 6) is 1.11. The quantitative estimate of drug-likeness (QED) is 0.293. The molecule has 0 spiro atoms. The van der Waals surface area contributed by atoms with Crippen molar-refractivity contribution >= 4 is 28.6 Å². The Balaban J connectivity index is 1.68. The number of aromatic nitrogens is 2. The number of hydrogen-bond donors (Lipinski definition) is 3. The third kappa shape index (κ3) is 4.46. The Labute approximate surface area is 188 Å². The van der Waals surface area contributed by atoms with E-state index < -0.39 is 17.2 Å². The molecule has 1 saturated heterocycles. The molecule has 0 aliphatic carbocycles. The lowest BCUT2D eigenvalue weighted by Crippen LogP contribution is -2.27. The second kappa shape index (κ2) is 9.01. The number of phenolic OH excluding ortho intramolecular Hbond substituents is 1. The van der Waals surface area contributed by atoms with Crippen molar-refractivity contribution in [1.82, 2.24) is 13.6 Å². The highest BCUT2D eigenvalue weighted by atomic mass is 32.2. The fourth-order valence-electron chi connectivity index (χ4n) is 3.63. The Kier molecular flexibility index (Phi) is 6.15. The molecule has 1 aromatic carbocycles. The van der Waals surface area contributed by atoms with Crippen LogP contribution in [0.25, 0.3) is 0 Å². The smallest absolute Gasteiger partial charge is 0.257 e. The van der Waals surface area contributed by atoms with Crippen LogP contribution < -0.4 is 10.8 Å². The van der Waals surface area contributed by atoms with Gasteiger partial charge in [-0.15, -0.1) is 4.37 Å². The predicted molar refractivity (Wildman–Crippen MR) is 120 cm³/mol. The van der Waals surface area contributed by atoms with Crippen molar-refractivity contribution in [3.8, 4) is 5.75 Å². The monoisotopic (exact) mass is 455 g/mol. The van der Waals surface area contributed by atoms with Gasteiger partial charge in [-0.1, -0.05) is 12.6 Å². The summed E-state index contributed by atoms with van der Waals surface area (Å²) in [6, 6.07) is 8.01. The van der Waals surface area contributed by atoms with E-state index in [1.165, 1.54) is 0 Å². The molecule has 168 valence electrons. The highest BCUT2D eigenvalue weighted by Crippen LogP contribution is 2.31. The maximum atomic E-state index is 12.8. The Bertz CT molecular complexity index is 1220. The zero-order valence-corrected chi connectivity index (χ0v) is 18.7. The molecule has 3 heterocycles. The highest BCUT2D eigenvalue weighted by molar-refractivity contribution is 7.13. The van der Waals surface area contributed by atoms with Crippen LogP contribution in [0.1, 0.15) is 47.7 Å². The van der Waals surface area contributed by atoms with Gasteiger partial charge in [0.1, 0.15) is 17.6 Å². The number of aromatic hydroxyl groups is 1. The largest absolute Gasteiger partial charge is 0.548 e. The van der Waals surface area contributed by atoms with Crippen molar-refractivity contribution in [2.24, 2.45) is 4.99 Å². The lowest BCUT2D eigenvalue weighted by molar-refractivity contribution is 0.0790. The van der Waals surface area contributed by atoms with Gasteiger partial charge in [0.15, 0.2) is 16.9 Å². The third-order valence-electron chi connectivity index (χ3n) is 5.25. The molecule has 3 N–H and O–H groups in total. The van der Waals surface area contributed by atoms with Gasteiger partial charge >= 0.3 is 0 Å². The molecule has 4 rings (SSSR count). The van der Waals surface area contributed by atoms with E-state index in [-0.39, 0.29) is 34.2 Å². The molecule has 2 atom stereocenters. The lowest BCUT2D eigenvalue weighted by atomic mass is 10.1. The molecule has 0 radical (unpaired) electrons. The number of furan rings is 1. The van der Waals surface area contributed by atoms with Crippen LogP contribution in [0.15, 0.2) is 51.9 Å². The number of nitrogens with one attached hydrogen (secondary N) is 2. The number of amides is 1. The summed E-state index contributed by atoms with van der Waals surface area (Å²) in [5, 5.41) is 13.7. The predicted octanol–water partition coefficient (Wildman–Crippen LogP) is 3.94. The molecule has 10 heteroatoms. The number of likely N-dealkylation sites (tertiary alicyclic amines) is 1. The summed E-state index contributed by atoms with van der Waals surface area (Å²) >= 11 is -1.73. The molecule has 2 unspecified atom stereocenters. The van der Waals surface area contributed by atoms with Gasteiger partial charge in [-0.3, -0.25) is 4.79 Å². The summed E-state index contributed by atoms with van der Waals surface area (Å²) < 4.78 is 24.5. The lowest BCUT2D eigenvalue weighted by Gasteiger charge is -2.17. The van der Waals surface area contributed by atoms with E-state index in [0.717, 1.165) is 24.2 Å². The first-order valence-corrected chi connectivity index (χ1v) is 11.4. The summed E-state index contributed by atoms with van der Waals surface area (Å²) in [7, 11) is 0. The maximum Gasteiger partial charge on any atom is 0.257 e. The van der Waals surface area contributed by atoms with Crippen molar-refractivity contribution in [3.05, 3.63) is 65.1 Å². The Morgan fingerprint density at radius 1 is 1.38 bits per heavy atom. The van der Waals surface area contributed by atoms with Crippen LogP contribution in [-0.4, -0.2) is 42.3 Å². The molecule has 1 amide bonds. The molecule has 0 bridgehead atoms. The number of H-pyrrole nitrogens is 1. The van der Waals surface area contributed by atoms with Crippen LogP contribution >= 0.6 is 11.1 Å². The number of aromatic amines is 1. The van der Waals surface area contributed by atoms with Crippen molar-refractivity contribution < 1.29 is 18.9 Å². The first-order chi connectivity index (χ1) is 15.3. The average Bonchev–Trinajstić information content (AvgIpc) is 3.49. The molecule has 32 heavy (non-hydrogen) atoms. The van der Waals surface area contributed by atoms with Gasteiger partial charge in [-0.2, -0.15) is 0 Å². The summed E-state index contributed by atoms with van der Waals surface area (Å²) in [5.41, 5.74) is 1.43. The standard InChI is InChI=1S/C22H25N5O4S/c1-13(2)18(17-10-9-14(3)31-17)24-21-20(25-32(30)26-21)23-16-8-6-7-15(19(16)28)22(29)27-11-4-5-12-27/h6-10,18,28H,1,4-5,11-12H2,2-3H3,(H,23,25)(H,24,26). The highest BCUT2D eigenvalue weighted by Gasteiger charge is 2.24. The number of para-hydroxylation sites is 1. The molecule has 2 aromatic heterocycles. The van der Waals surface area contributed by atoms with Gasteiger partial charge in [-0.05, 0) is 56.5 Å². The van der Waals surface area contributed by atoms with Gasteiger partial charge < -0.3 is 24.3 Å². The van der Waals surface area contributed by atoms with E-state index in [4.69, 9.17) is 4.42 Å². The fraction of sp³-hybridized carbons (Fsp3) is 0.318. The Hall–Kier alpha value is -3.37. The molecule has 1 aliphatic rings. The zero-order chi connectivity index (χ0) is 22.8. The van der Waals surface area contributed by atoms with Crippen LogP contribution in [0.3, 0.4) is 0 Å². The Morgan fingerprint density at radius 3 is 2.78 bits per heavy atom. The topological polar surface area (TPSA) is 130 Å². The second-order valence-corrected chi connectivity index (χ2v) is 8.68. The van der Waals surface area contributed by atoms with Gasteiger partial charge in [-0.25, -0.2) is 4.99 Å². The summed E-state index contributed by atoms with van der Waals surface area (Å²) in [4.78, 5) is 19.1. The van der Waals surface area contributed by atoms with Crippen LogP contribution in [0.5, 0.6) is 5.75 Å². The minimum Gasteiger partial charge on any atom is -0.548 e. The molecule has 0 saturated carbocycles. The van der Waals surface area contributed by atoms with E-state index in [1.54, 1.807) is 23.1 Å². The summed E-state index contributed by atoms with van der Waals surface area (Å²) in [6.07, 6.45) is 1.91. The SMILES string of the molecule is C=C(C)C(N=c1[nH][s+]([O-])nc1Nc1cccc(C(=O)N2CCCC2)c1O)c1ccc(C)o1. The molecule has 3 aromatic rings. The van der Waals surface area contributed by atoms with Crippen molar-refractivity contribution in [2.75, 3.05) is 18.4 Å². The number of anilines is 2. The minimum absolute atomic E-state index is 0.180. The number of hydrogen-bond acceptors (Lipinski definition) is 7. The first-order valence-electron chi connectivity index (χ1n) is 10.3. The number of nitrogens with zero attached hydrogens (tertiary/aromatic N) is 3. The number of benzene rings is 1. The third-order valence-corrected chi connectivity index (χ3v) is 5.97. The Morgan fingerprint density at radius 2 is 2.12 bits per heavy atom. The number of carbonyl (C=O) groups excluding carboxylic acids is 1. The zero-order valence-electron chi connectivity index (χ0n) is 17.9. The summed E-state index contributed by atoms with van der Waals surface area (Å²) in [6.45, 7) is 8.99. The number of phenols is 1. The van der Waals surface area contributed by atoms with Gasteiger partial charge in [0.25, 0.3) is 5.91 Å². The second-order valence-electron chi connectivity index (χ2n) is 7.79. The molecular formula is C22H25N5O4S. The van der Waals surface area contributed by atoms with Crippen LogP contribution in [-0.2, 0) is 0 Å². The normalized spacial score (nSPS) is 15.8. The number of aryl methyl sites for hydroxylation is 1. The van der Waals surface area contributed by atoms with Crippen LogP contribution in [0.4, 0.5) is 11.5 Å². The fourth-order valence-corrected chi connectivity index (χ4v) is 4.29. The van der Waals surface area contributed by atoms with Crippen molar-refractivity contribution in [2.45, 2.75) is 32.7 Å². The average molecular weight is 456 g/mol.